The summed E-state index contributed by atoms with van der Waals surface area (Å²) in [7, 11) is 0. The van der Waals surface area contributed by atoms with Crippen LogP contribution in [-0.4, -0.2) is 17.0 Å². The summed E-state index contributed by atoms with van der Waals surface area (Å²) >= 11 is 0. The van der Waals surface area contributed by atoms with Crippen molar-refractivity contribution in [3.63, 3.8) is 0 Å². The fourth-order valence-electron chi connectivity index (χ4n) is 2.78. The molecule has 0 aliphatic rings. The van der Waals surface area contributed by atoms with E-state index in [0.717, 1.165) is 5.56 Å². The van der Waals surface area contributed by atoms with Crippen LogP contribution < -0.4 is 10.6 Å². The highest BCUT2D eigenvalue weighted by Gasteiger charge is 2.18. The Labute approximate surface area is 161 Å². The van der Waals surface area contributed by atoms with Crippen LogP contribution in [0.2, 0.25) is 0 Å². The van der Waals surface area contributed by atoms with E-state index >= 15 is 0 Å². The molecule has 0 saturated carbocycles. The molecule has 2 amide bonds. The average molecular weight is 381 g/mol. The number of hydrogen-bond acceptors (Lipinski definition) is 4. The Kier molecular flexibility index (Phi) is 5.84. The third-order valence-corrected chi connectivity index (χ3v) is 4.24. The van der Waals surface area contributed by atoms with Crippen molar-refractivity contribution in [2.45, 2.75) is 26.8 Å². The molecular weight excluding hydrogens is 361 g/mol. The van der Waals surface area contributed by atoms with E-state index in [4.69, 9.17) is 4.52 Å². The predicted octanol–water partition coefficient (Wildman–Crippen LogP) is 3.87. The number of rotatable bonds is 6. The molecule has 0 aliphatic carbocycles. The molecule has 28 heavy (non-hydrogen) atoms. The number of anilines is 1. The summed E-state index contributed by atoms with van der Waals surface area (Å²) < 4.78 is 18.1. The molecule has 7 heteroatoms. The molecule has 1 heterocycles. The number of halogens is 1. The normalized spacial score (nSPS) is 10.5. The van der Waals surface area contributed by atoms with Gasteiger partial charge in [-0.1, -0.05) is 24.2 Å². The van der Waals surface area contributed by atoms with Crippen molar-refractivity contribution < 1.29 is 18.5 Å². The number of nitrogens with one attached hydrogen (secondary N) is 2. The first kappa shape index (κ1) is 19.3. The Hall–Kier alpha value is -3.48. The van der Waals surface area contributed by atoms with E-state index in [1.54, 1.807) is 25.1 Å². The van der Waals surface area contributed by atoms with Crippen molar-refractivity contribution in [2.75, 3.05) is 5.32 Å². The van der Waals surface area contributed by atoms with Crippen LogP contribution in [0.1, 0.15) is 44.7 Å². The summed E-state index contributed by atoms with van der Waals surface area (Å²) in [6.07, 6.45) is 0.602. The average Bonchev–Trinajstić information content (AvgIpc) is 3.07. The van der Waals surface area contributed by atoms with Gasteiger partial charge < -0.3 is 15.2 Å². The molecule has 6 nitrogen and oxygen atoms in total. The van der Waals surface area contributed by atoms with Crippen LogP contribution in [0.15, 0.2) is 53.1 Å². The van der Waals surface area contributed by atoms with Crippen LogP contribution in [0.5, 0.6) is 0 Å². The molecular formula is C21H20FN3O3. The summed E-state index contributed by atoms with van der Waals surface area (Å²) in [6, 6.07) is 12.4. The number of aryl methyl sites for hydroxylation is 2. The lowest BCUT2D eigenvalue weighted by molar-refractivity contribution is 0.0947. The van der Waals surface area contributed by atoms with E-state index < -0.39 is 5.82 Å². The van der Waals surface area contributed by atoms with Gasteiger partial charge in [0.2, 0.25) is 0 Å². The summed E-state index contributed by atoms with van der Waals surface area (Å²) in [4.78, 5) is 24.7. The maximum atomic E-state index is 13.0. The highest BCUT2D eigenvalue weighted by atomic mass is 19.1. The predicted molar refractivity (Wildman–Crippen MR) is 103 cm³/mol. The zero-order valence-electron chi connectivity index (χ0n) is 15.6. The minimum atomic E-state index is -0.399. The highest BCUT2D eigenvalue weighted by Crippen LogP contribution is 2.15. The van der Waals surface area contributed by atoms with E-state index in [0.29, 0.717) is 34.7 Å². The molecule has 0 bridgehead atoms. The van der Waals surface area contributed by atoms with Crippen molar-refractivity contribution >= 4 is 17.5 Å². The third-order valence-electron chi connectivity index (χ3n) is 4.24. The molecule has 3 rings (SSSR count). The van der Waals surface area contributed by atoms with E-state index in [1.165, 1.54) is 24.3 Å². The second-order valence-electron chi connectivity index (χ2n) is 6.26. The Morgan fingerprint density at radius 3 is 2.57 bits per heavy atom. The van der Waals surface area contributed by atoms with Gasteiger partial charge in [0.15, 0.2) is 0 Å². The molecule has 3 aromatic rings. The van der Waals surface area contributed by atoms with Crippen LogP contribution in [0.3, 0.4) is 0 Å². The van der Waals surface area contributed by atoms with Crippen LogP contribution in [0.25, 0.3) is 0 Å². The molecule has 0 spiro atoms. The fraction of sp³-hybridized carbons (Fsp3) is 0.190. The standard InChI is InChI=1S/C21H20FN3O3/c1-3-18-19(13(2)28-25-18)21(27)23-12-14-5-4-6-17(11-14)24-20(26)15-7-9-16(22)10-8-15/h4-11H,3,12H2,1-2H3,(H,23,27)(H,24,26). The first-order valence-corrected chi connectivity index (χ1v) is 8.87. The topological polar surface area (TPSA) is 84.2 Å². The molecule has 0 radical (unpaired) electrons. The van der Waals surface area contributed by atoms with E-state index in [1.807, 2.05) is 13.0 Å². The van der Waals surface area contributed by atoms with Crippen LogP contribution in [0, 0.1) is 12.7 Å². The van der Waals surface area contributed by atoms with Gasteiger partial charge in [-0.3, -0.25) is 9.59 Å². The lowest BCUT2D eigenvalue weighted by Crippen LogP contribution is -2.24. The Balaban J connectivity index is 1.65. The zero-order chi connectivity index (χ0) is 20.1. The van der Waals surface area contributed by atoms with Crippen molar-refractivity contribution in [2.24, 2.45) is 0 Å². The molecule has 0 fully saturated rings. The second kappa shape index (κ2) is 8.47. The van der Waals surface area contributed by atoms with Crippen molar-refractivity contribution in [3.05, 3.63) is 82.5 Å². The molecule has 0 aliphatic heterocycles. The SMILES string of the molecule is CCc1noc(C)c1C(=O)NCc1cccc(NC(=O)c2ccc(F)cc2)c1. The molecule has 2 N–H and O–H groups in total. The van der Waals surface area contributed by atoms with Crippen LogP contribution in [-0.2, 0) is 13.0 Å². The molecule has 2 aromatic carbocycles. The second-order valence-corrected chi connectivity index (χ2v) is 6.26. The quantitative estimate of drug-likeness (QED) is 0.679. The number of carbonyl (C=O) groups excluding carboxylic acids is 2. The summed E-state index contributed by atoms with van der Waals surface area (Å²) in [5.74, 6) is -0.511. The van der Waals surface area contributed by atoms with Crippen molar-refractivity contribution in [3.8, 4) is 0 Å². The van der Waals surface area contributed by atoms with Gasteiger partial charge in [-0.25, -0.2) is 4.39 Å². The van der Waals surface area contributed by atoms with Crippen LogP contribution >= 0.6 is 0 Å². The molecule has 144 valence electrons. The Bertz CT molecular complexity index is 996. The molecule has 0 unspecified atom stereocenters. The van der Waals surface area contributed by atoms with Crippen molar-refractivity contribution in [1.29, 1.82) is 0 Å². The lowest BCUT2D eigenvalue weighted by atomic mass is 10.1. The van der Waals surface area contributed by atoms with E-state index in [2.05, 4.69) is 15.8 Å². The Morgan fingerprint density at radius 2 is 1.86 bits per heavy atom. The molecule has 0 atom stereocenters. The minimum Gasteiger partial charge on any atom is -0.361 e. The van der Waals surface area contributed by atoms with Gasteiger partial charge in [-0.2, -0.15) is 0 Å². The summed E-state index contributed by atoms with van der Waals surface area (Å²) in [5.41, 5.74) is 2.84. The zero-order valence-corrected chi connectivity index (χ0v) is 15.6. The van der Waals surface area contributed by atoms with Gasteiger partial charge in [-0.05, 0) is 55.3 Å². The minimum absolute atomic E-state index is 0.253. The molecule has 1 aromatic heterocycles. The molecule has 0 saturated heterocycles. The number of amides is 2. The smallest absolute Gasteiger partial charge is 0.257 e. The lowest BCUT2D eigenvalue weighted by Gasteiger charge is -2.09. The fourth-order valence-corrected chi connectivity index (χ4v) is 2.78. The van der Waals surface area contributed by atoms with Gasteiger partial charge in [0.05, 0.1) is 5.69 Å². The van der Waals surface area contributed by atoms with Gasteiger partial charge in [0, 0.05) is 17.8 Å². The first-order chi connectivity index (χ1) is 13.5. The van der Waals surface area contributed by atoms with Crippen LogP contribution in [0.4, 0.5) is 10.1 Å². The summed E-state index contributed by atoms with van der Waals surface area (Å²) in [6.45, 7) is 3.89. The Morgan fingerprint density at radius 1 is 1.11 bits per heavy atom. The number of benzene rings is 2. The number of nitrogens with zero attached hydrogens (tertiary/aromatic N) is 1. The monoisotopic (exact) mass is 381 g/mol. The summed E-state index contributed by atoms with van der Waals surface area (Å²) in [5, 5.41) is 9.49. The largest absolute Gasteiger partial charge is 0.361 e. The number of hydrogen-bond donors (Lipinski definition) is 2. The first-order valence-electron chi connectivity index (χ1n) is 8.87. The maximum absolute atomic E-state index is 13.0. The maximum Gasteiger partial charge on any atom is 0.257 e. The van der Waals surface area contributed by atoms with E-state index in [9.17, 15) is 14.0 Å². The van der Waals surface area contributed by atoms with Crippen molar-refractivity contribution in [1.82, 2.24) is 10.5 Å². The van der Waals surface area contributed by atoms with E-state index in [-0.39, 0.29) is 18.4 Å². The number of aromatic nitrogens is 1. The van der Waals surface area contributed by atoms with Gasteiger partial charge in [0.25, 0.3) is 11.8 Å². The highest BCUT2D eigenvalue weighted by molar-refractivity contribution is 6.04. The van der Waals surface area contributed by atoms with Gasteiger partial charge >= 0.3 is 0 Å². The number of carbonyl (C=O) groups is 2. The van der Waals surface area contributed by atoms with Gasteiger partial charge in [0.1, 0.15) is 17.1 Å². The van der Waals surface area contributed by atoms with Gasteiger partial charge in [-0.15, -0.1) is 0 Å². The third kappa shape index (κ3) is 4.43.